The molecule has 0 unspecified atom stereocenters. The summed E-state index contributed by atoms with van der Waals surface area (Å²) in [5.74, 6) is 1.75. The van der Waals surface area contributed by atoms with Crippen LogP contribution in [0.1, 0.15) is 22.5 Å². The Morgan fingerprint density at radius 1 is 0.657 bits per heavy atom. The summed E-state index contributed by atoms with van der Waals surface area (Å²) in [5, 5.41) is 24.4. The zero-order chi connectivity index (χ0) is 24.8. The molecule has 0 spiro atoms. The number of phenolic OH excluding ortho intramolecular Hbond substituents is 2. The van der Waals surface area contributed by atoms with Crippen molar-refractivity contribution in [2.45, 2.75) is 0 Å². The highest BCUT2D eigenvalue weighted by molar-refractivity contribution is 5.74. The summed E-state index contributed by atoms with van der Waals surface area (Å²) in [5.41, 5.74) is 4.21. The van der Waals surface area contributed by atoms with Gasteiger partial charge in [-0.3, -0.25) is 0 Å². The van der Waals surface area contributed by atoms with Gasteiger partial charge in [0.15, 0.2) is 23.0 Å². The summed E-state index contributed by atoms with van der Waals surface area (Å²) in [7, 11) is 4.66. The molecule has 35 heavy (non-hydrogen) atoms. The van der Waals surface area contributed by atoms with E-state index in [1.807, 2.05) is 65.4 Å². The normalized spacial score (nSPS) is 11.3. The first-order valence-corrected chi connectivity index (χ1v) is 10.9. The van der Waals surface area contributed by atoms with E-state index in [-0.39, 0.29) is 11.5 Å². The van der Waals surface area contributed by atoms with Crippen LogP contribution in [0.5, 0.6) is 28.7 Å². The molecule has 0 saturated heterocycles. The van der Waals surface area contributed by atoms with Crippen molar-refractivity contribution in [3.8, 4) is 34.4 Å². The molecular formula is C28H26N2O5. The minimum atomic E-state index is 0.0891. The van der Waals surface area contributed by atoms with E-state index in [9.17, 15) is 10.2 Å². The van der Waals surface area contributed by atoms with E-state index in [1.165, 1.54) is 14.2 Å². The number of nitrogens with zero attached hydrogens (tertiary/aromatic N) is 2. The Morgan fingerprint density at radius 2 is 1.23 bits per heavy atom. The second-order valence-corrected chi connectivity index (χ2v) is 7.63. The maximum absolute atomic E-state index is 9.86. The van der Waals surface area contributed by atoms with Crippen LogP contribution in [0, 0.1) is 0 Å². The maximum Gasteiger partial charge on any atom is 0.161 e. The molecule has 0 fully saturated rings. The highest BCUT2D eigenvalue weighted by Crippen LogP contribution is 2.29. The Bertz CT molecular complexity index is 1370. The van der Waals surface area contributed by atoms with E-state index in [2.05, 4.69) is 0 Å². The van der Waals surface area contributed by atoms with Gasteiger partial charge in [-0.2, -0.15) is 5.10 Å². The van der Waals surface area contributed by atoms with Crippen LogP contribution < -0.4 is 14.2 Å². The van der Waals surface area contributed by atoms with Gasteiger partial charge in [-0.1, -0.05) is 24.3 Å². The third-order valence-electron chi connectivity index (χ3n) is 5.37. The van der Waals surface area contributed by atoms with Crippen molar-refractivity contribution in [1.82, 2.24) is 9.78 Å². The molecule has 3 aromatic carbocycles. The summed E-state index contributed by atoms with van der Waals surface area (Å²) < 4.78 is 17.5. The monoisotopic (exact) mass is 470 g/mol. The van der Waals surface area contributed by atoms with Crippen molar-refractivity contribution in [2.24, 2.45) is 0 Å². The zero-order valence-corrected chi connectivity index (χ0v) is 19.7. The average molecular weight is 471 g/mol. The summed E-state index contributed by atoms with van der Waals surface area (Å²) in [6.45, 7) is 0. The van der Waals surface area contributed by atoms with Crippen molar-refractivity contribution in [1.29, 1.82) is 0 Å². The van der Waals surface area contributed by atoms with Gasteiger partial charge in [-0.25, -0.2) is 4.68 Å². The molecule has 0 radical (unpaired) electrons. The topological polar surface area (TPSA) is 86.0 Å². The molecule has 0 amide bonds. The van der Waals surface area contributed by atoms with E-state index in [0.29, 0.717) is 11.5 Å². The molecular weight excluding hydrogens is 444 g/mol. The van der Waals surface area contributed by atoms with Crippen LogP contribution in [-0.2, 0) is 0 Å². The lowest BCUT2D eigenvalue weighted by Crippen LogP contribution is -1.99. The van der Waals surface area contributed by atoms with Gasteiger partial charge in [-0.15, -0.1) is 0 Å². The van der Waals surface area contributed by atoms with Crippen LogP contribution in [-0.4, -0.2) is 41.3 Å². The van der Waals surface area contributed by atoms with E-state index in [0.717, 1.165) is 34.0 Å². The highest BCUT2D eigenvalue weighted by atomic mass is 16.5. The summed E-state index contributed by atoms with van der Waals surface area (Å²) in [6.07, 6.45) is 7.68. The van der Waals surface area contributed by atoms with Crippen molar-refractivity contribution in [3.05, 3.63) is 89.2 Å². The number of ether oxygens (including phenoxy) is 3. The number of aromatic hydroxyl groups is 2. The average Bonchev–Trinajstić information content (AvgIpc) is 3.30. The predicted octanol–water partition coefficient (Wildman–Crippen LogP) is 5.65. The number of aromatic nitrogens is 2. The number of phenols is 2. The molecule has 0 aliphatic rings. The Kier molecular flexibility index (Phi) is 7.07. The number of methoxy groups -OCH3 is 3. The molecule has 0 atom stereocenters. The Balaban J connectivity index is 1.69. The molecule has 1 heterocycles. The lowest BCUT2D eigenvalue weighted by atomic mass is 10.1. The van der Waals surface area contributed by atoms with Crippen LogP contribution in [0.3, 0.4) is 0 Å². The fourth-order valence-corrected chi connectivity index (χ4v) is 3.50. The lowest BCUT2D eigenvalue weighted by Gasteiger charge is -2.06. The van der Waals surface area contributed by atoms with Crippen molar-refractivity contribution in [3.63, 3.8) is 0 Å². The van der Waals surface area contributed by atoms with Gasteiger partial charge in [0.25, 0.3) is 0 Å². The maximum atomic E-state index is 9.86. The summed E-state index contributed by atoms with van der Waals surface area (Å²) in [6, 6.07) is 19.9. The van der Waals surface area contributed by atoms with Gasteiger partial charge in [0, 0.05) is 0 Å². The van der Waals surface area contributed by atoms with E-state index < -0.39 is 0 Å². The van der Waals surface area contributed by atoms with Gasteiger partial charge >= 0.3 is 0 Å². The second-order valence-electron chi connectivity index (χ2n) is 7.63. The number of hydrogen-bond acceptors (Lipinski definition) is 6. The largest absolute Gasteiger partial charge is 0.504 e. The summed E-state index contributed by atoms with van der Waals surface area (Å²) in [4.78, 5) is 0. The molecule has 1 aromatic heterocycles. The quantitative estimate of drug-likeness (QED) is 0.346. The minimum Gasteiger partial charge on any atom is -0.504 e. The Labute approximate surface area is 203 Å². The van der Waals surface area contributed by atoms with Crippen LogP contribution in [0.25, 0.3) is 30.0 Å². The molecule has 4 aromatic rings. The fraction of sp³-hybridized carbons (Fsp3) is 0.107. The van der Waals surface area contributed by atoms with Crippen molar-refractivity contribution >= 4 is 24.3 Å². The molecule has 0 aliphatic carbocycles. The minimum absolute atomic E-state index is 0.0891. The number of benzene rings is 3. The Hall–Kier alpha value is -4.65. The third-order valence-corrected chi connectivity index (χ3v) is 5.37. The lowest BCUT2D eigenvalue weighted by molar-refractivity contribution is 0.373. The second kappa shape index (κ2) is 10.5. The van der Waals surface area contributed by atoms with Gasteiger partial charge in [0.1, 0.15) is 5.75 Å². The smallest absolute Gasteiger partial charge is 0.161 e. The van der Waals surface area contributed by atoms with Crippen LogP contribution in [0.2, 0.25) is 0 Å². The van der Waals surface area contributed by atoms with Gasteiger partial charge in [0.05, 0.1) is 38.4 Å². The summed E-state index contributed by atoms with van der Waals surface area (Å²) >= 11 is 0. The van der Waals surface area contributed by atoms with E-state index in [1.54, 1.807) is 37.4 Å². The van der Waals surface area contributed by atoms with E-state index >= 15 is 0 Å². The molecule has 178 valence electrons. The number of hydrogen-bond donors (Lipinski definition) is 2. The standard InChI is InChI=1S/C28H26N2O5/c1-33-24-12-10-22(11-13-24)30-23(9-5-20-7-15-26(32)28(17-20)35-3)18-21(29-30)8-4-19-6-14-25(31)27(16-19)34-2/h4-18,31-32H,1-3H3/b8-4+,9-5+. The zero-order valence-electron chi connectivity index (χ0n) is 19.7. The first kappa shape index (κ1) is 23.5. The molecule has 4 rings (SSSR count). The van der Waals surface area contributed by atoms with Crippen molar-refractivity contribution < 1.29 is 24.4 Å². The molecule has 0 bridgehead atoms. The molecule has 0 aliphatic heterocycles. The SMILES string of the molecule is COc1ccc(-n2nc(/C=C/c3ccc(O)c(OC)c3)cc2/C=C/c2ccc(O)c(OC)c2)cc1. The van der Waals surface area contributed by atoms with Crippen molar-refractivity contribution in [2.75, 3.05) is 21.3 Å². The number of rotatable bonds is 8. The Morgan fingerprint density at radius 3 is 1.77 bits per heavy atom. The fourth-order valence-electron chi connectivity index (χ4n) is 3.50. The van der Waals surface area contributed by atoms with Crippen LogP contribution in [0.15, 0.2) is 66.7 Å². The van der Waals surface area contributed by atoms with Crippen LogP contribution in [0.4, 0.5) is 0 Å². The molecule has 7 nitrogen and oxygen atoms in total. The predicted molar refractivity (Wildman–Crippen MR) is 137 cm³/mol. The van der Waals surface area contributed by atoms with E-state index in [4.69, 9.17) is 19.3 Å². The first-order valence-electron chi connectivity index (χ1n) is 10.9. The first-order chi connectivity index (χ1) is 17.0. The van der Waals surface area contributed by atoms with Gasteiger partial charge < -0.3 is 24.4 Å². The van der Waals surface area contributed by atoms with Gasteiger partial charge in [-0.05, 0) is 77.9 Å². The molecule has 7 heteroatoms. The third kappa shape index (κ3) is 5.47. The van der Waals surface area contributed by atoms with Crippen LogP contribution >= 0.6 is 0 Å². The highest BCUT2D eigenvalue weighted by Gasteiger charge is 2.08. The molecule has 0 saturated carbocycles. The van der Waals surface area contributed by atoms with Gasteiger partial charge in [0.2, 0.25) is 0 Å². The molecule has 2 N–H and O–H groups in total.